The molecule has 1 N–H and O–H groups in total. The number of nitrogens with zero attached hydrogens (tertiary/aromatic N) is 2. The predicted molar refractivity (Wildman–Crippen MR) is 140 cm³/mol. The quantitative estimate of drug-likeness (QED) is 0.475. The van der Waals surface area contributed by atoms with Crippen molar-refractivity contribution in [2.24, 2.45) is 7.05 Å². The lowest BCUT2D eigenvalue weighted by Gasteiger charge is -2.30. The van der Waals surface area contributed by atoms with Crippen LogP contribution in [0, 0.1) is 13.8 Å². The van der Waals surface area contributed by atoms with Gasteiger partial charge in [0.05, 0.1) is 11.8 Å². The first-order valence-corrected chi connectivity index (χ1v) is 13.3. The molecule has 0 spiro atoms. The summed E-state index contributed by atoms with van der Waals surface area (Å²) in [4.78, 5) is 12.6. The standard InChI is InChI=1S/C30H37N3O3/c1-20-27(21(2)33(3)32-20)15-18-30(34)31-24-10-12-25(13-11-24)35-26-14-17-29-23(19-26)9-16-28(36-29)22-7-5-4-6-8-22/h4-8,14,17,19,24-25,28H,9-13,15-16,18H2,1-3H3,(H,31,34). The van der Waals surface area contributed by atoms with Crippen LogP contribution in [0.5, 0.6) is 11.5 Å². The molecule has 2 heterocycles. The molecule has 190 valence electrons. The van der Waals surface area contributed by atoms with E-state index in [0.717, 1.165) is 67.8 Å². The lowest BCUT2D eigenvalue weighted by Crippen LogP contribution is -2.39. The van der Waals surface area contributed by atoms with Gasteiger partial charge in [-0.15, -0.1) is 0 Å². The van der Waals surface area contributed by atoms with E-state index in [-0.39, 0.29) is 24.2 Å². The molecule has 36 heavy (non-hydrogen) atoms. The minimum Gasteiger partial charge on any atom is -0.490 e. The van der Waals surface area contributed by atoms with Crippen molar-refractivity contribution in [3.05, 3.63) is 76.6 Å². The van der Waals surface area contributed by atoms with Crippen LogP contribution in [0.4, 0.5) is 0 Å². The third kappa shape index (κ3) is 5.58. The van der Waals surface area contributed by atoms with E-state index in [1.54, 1.807) is 0 Å². The number of fused-ring (bicyclic) bond motifs is 1. The summed E-state index contributed by atoms with van der Waals surface area (Å²) >= 11 is 0. The molecule has 1 amide bonds. The van der Waals surface area contributed by atoms with Crippen LogP contribution < -0.4 is 14.8 Å². The van der Waals surface area contributed by atoms with Gasteiger partial charge in [-0.25, -0.2) is 0 Å². The SMILES string of the molecule is Cc1nn(C)c(C)c1CCC(=O)NC1CCC(Oc2ccc3c(c2)CCC(c2ccccc2)O3)CC1. The molecule has 2 aliphatic rings. The van der Waals surface area contributed by atoms with E-state index in [1.807, 2.05) is 30.8 Å². The van der Waals surface area contributed by atoms with Crippen molar-refractivity contribution in [1.29, 1.82) is 0 Å². The third-order valence-corrected chi connectivity index (χ3v) is 7.75. The summed E-state index contributed by atoms with van der Waals surface area (Å²) in [5.41, 5.74) is 5.80. The fourth-order valence-corrected chi connectivity index (χ4v) is 5.58. The maximum atomic E-state index is 12.6. The molecule has 1 aliphatic heterocycles. The fourth-order valence-electron chi connectivity index (χ4n) is 5.58. The summed E-state index contributed by atoms with van der Waals surface area (Å²) in [6.07, 6.45) is 7.34. The van der Waals surface area contributed by atoms with Gasteiger partial charge in [0.1, 0.15) is 17.6 Å². The van der Waals surface area contributed by atoms with E-state index < -0.39 is 0 Å². The fraction of sp³-hybridized carbons (Fsp3) is 0.467. The molecule has 5 rings (SSSR count). The smallest absolute Gasteiger partial charge is 0.220 e. The first kappa shape index (κ1) is 24.4. The van der Waals surface area contributed by atoms with Crippen molar-refractivity contribution in [3.63, 3.8) is 0 Å². The molecule has 1 fully saturated rings. The summed E-state index contributed by atoms with van der Waals surface area (Å²) in [7, 11) is 1.95. The van der Waals surface area contributed by atoms with Gasteiger partial charge in [-0.2, -0.15) is 5.10 Å². The van der Waals surface area contributed by atoms with Gasteiger partial charge >= 0.3 is 0 Å². The summed E-state index contributed by atoms with van der Waals surface area (Å²) in [6.45, 7) is 4.07. The largest absolute Gasteiger partial charge is 0.490 e. The van der Waals surface area contributed by atoms with E-state index in [9.17, 15) is 4.79 Å². The van der Waals surface area contributed by atoms with E-state index in [4.69, 9.17) is 9.47 Å². The molecule has 3 aromatic rings. The molecule has 1 aromatic heterocycles. The zero-order valence-electron chi connectivity index (χ0n) is 21.6. The summed E-state index contributed by atoms with van der Waals surface area (Å²) < 4.78 is 14.5. The minimum atomic E-state index is 0.119. The Morgan fingerprint density at radius 2 is 1.86 bits per heavy atom. The molecule has 1 saturated carbocycles. The number of amides is 1. The second-order valence-electron chi connectivity index (χ2n) is 10.3. The number of carbonyl (C=O) groups is 1. The number of hydrogen-bond donors (Lipinski definition) is 1. The second-order valence-corrected chi connectivity index (χ2v) is 10.3. The van der Waals surface area contributed by atoms with Gasteiger partial charge in [0.15, 0.2) is 0 Å². The number of nitrogens with one attached hydrogen (secondary N) is 1. The molecular weight excluding hydrogens is 450 g/mol. The molecule has 1 atom stereocenters. The van der Waals surface area contributed by atoms with Crippen LogP contribution in [-0.4, -0.2) is 27.8 Å². The topological polar surface area (TPSA) is 65.4 Å². The number of aryl methyl sites for hydroxylation is 3. The van der Waals surface area contributed by atoms with Crippen LogP contribution in [0.3, 0.4) is 0 Å². The van der Waals surface area contributed by atoms with Crippen LogP contribution in [0.25, 0.3) is 0 Å². The van der Waals surface area contributed by atoms with Crippen LogP contribution in [-0.2, 0) is 24.7 Å². The highest BCUT2D eigenvalue weighted by atomic mass is 16.5. The van der Waals surface area contributed by atoms with Crippen LogP contribution in [0.2, 0.25) is 0 Å². The van der Waals surface area contributed by atoms with Crippen molar-refractivity contribution >= 4 is 5.91 Å². The van der Waals surface area contributed by atoms with Crippen molar-refractivity contribution in [2.45, 2.75) is 83.5 Å². The zero-order valence-corrected chi connectivity index (χ0v) is 21.6. The van der Waals surface area contributed by atoms with Crippen molar-refractivity contribution in [2.75, 3.05) is 0 Å². The van der Waals surface area contributed by atoms with E-state index in [1.165, 1.54) is 16.7 Å². The van der Waals surface area contributed by atoms with Gasteiger partial charge in [-0.05, 0) is 93.7 Å². The lowest BCUT2D eigenvalue weighted by molar-refractivity contribution is -0.122. The van der Waals surface area contributed by atoms with Gasteiger partial charge in [0, 0.05) is 25.2 Å². The lowest BCUT2D eigenvalue weighted by atomic mass is 9.92. The normalized spacial score (nSPS) is 21.4. The Morgan fingerprint density at radius 3 is 2.58 bits per heavy atom. The van der Waals surface area contributed by atoms with Crippen molar-refractivity contribution < 1.29 is 14.3 Å². The average molecular weight is 488 g/mol. The molecule has 1 unspecified atom stereocenters. The zero-order chi connectivity index (χ0) is 25.1. The van der Waals surface area contributed by atoms with E-state index in [2.05, 4.69) is 53.7 Å². The third-order valence-electron chi connectivity index (χ3n) is 7.75. The molecule has 0 saturated heterocycles. The first-order chi connectivity index (χ1) is 17.5. The summed E-state index contributed by atoms with van der Waals surface area (Å²) in [5, 5.41) is 7.69. The van der Waals surface area contributed by atoms with Crippen molar-refractivity contribution in [1.82, 2.24) is 15.1 Å². The van der Waals surface area contributed by atoms with E-state index >= 15 is 0 Å². The van der Waals surface area contributed by atoms with Crippen molar-refractivity contribution in [3.8, 4) is 11.5 Å². The first-order valence-electron chi connectivity index (χ1n) is 13.3. The average Bonchev–Trinajstić information content (AvgIpc) is 3.14. The molecule has 6 nitrogen and oxygen atoms in total. The van der Waals surface area contributed by atoms with Gasteiger partial charge in [-0.1, -0.05) is 30.3 Å². The number of aromatic nitrogens is 2. The Hall–Kier alpha value is -3.28. The van der Waals surface area contributed by atoms with Gasteiger partial charge in [-0.3, -0.25) is 9.48 Å². The summed E-state index contributed by atoms with van der Waals surface area (Å²) in [5.74, 6) is 2.02. The second kappa shape index (κ2) is 10.8. The molecule has 6 heteroatoms. The van der Waals surface area contributed by atoms with Gasteiger partial charge in [0.25, 0.3) is 0 Å². The Labute approximate surface area is 214 Å². The van der Waals surface area contributed by atoms with Crippen LogP contribution in [0.15, 0.2) is 48.5 Å². The number of rotatable bonds is 7. The predicted octanol–water partition coefficient (Wildman–Crippen LogP) is 5.54. The molecule has 2 aromatic carbocycles. The molecule has 0 bridgehead atoms. The summed E-state index contributed by atoms with van der Waals surface area (Å²) in [6, 6.07) is 16.9. The molecule has 1 aliphatic carbocycles. The van der Waals surface area contributed by atoms with Gasteiger partial charge in [0.2, 0.25) is 5.91 Å². The highest BCUT2D eigenvalue weighted by molar-refractivity contribution is 5.76. The number of hydrogen-bond acceptors (Lipinski definition) is 4. The Bertz CT molecular complexity index is 1200. The Morgan fingerprint density at radius 1 is 1.08 bits per heavy atom. The Kier molecular flexibility index (Phi) is 7.30. The number of ether oxygens (including phenoxy) is 2. The Balaban J connectivity index is 1.07. The van der Waals surface area contributed by atoms with Crippen LogP contribution >= 0.6 is 0 Å². The van der Waals surface area contributed by atoms with E-state index in [0.29, 0.717) is 6.42 Å². The molecular formula is C30H37N3O3. The maximum absolute atomic E-state index is 12.6. The number of carbonyl (C=O) groups excluding carboxylic acids is 1. The van der Waals surface area contributed by atoms with Crippen LogP contribution in [0.1, 0.15) is 72.7 Å². The molecule has 0 radical (unpaired) electrons. The minimum absolute atomic E-state index is 0.119. The highest BCUT2D eigenvalue weighted by Crippen LogP contribution is 2.37. The number of benzene rings is 2. The maximum Gasteiger partial charge on any atom is 0.220 e. The monoisotopic (exact) mass is 487 g/mol. The highest BCUT2D eigenvalue weighted by Gasteiger charge is 2.25. The van der Waals surface area contributed by atoms with Gasteiger partial charge < -0.3 is 14.8 Å².